The van der Waals surface area contributed by atoms with E-state index in [1.54, 1.807) is 23.6 Å². The second kappa shape index (κ2) is 7.47. The zero-order valence-corrected chi connectivity index (χ0v) is 17.5. The Hall–Kier alpha value is -1.94. The fourth-order valence-electron chi connectivity index (χ4n) is 3.03. The Labute approximate surface area is 171 Å². The molecular weight excluding hydrogens is 420 g/mol. The van der Waals surface area contributed by atoms with Gasteiger partial charge in [0.1, 0.15) is 0 Å². The number of thiophene rings is 1. The maximum atomic E-state index is 12.8. The van der Waals surface area contributed by atoms with Crippen LogP contribution in [0.1, 0.15) is 24.4 Å². The minimum atomic E-state index is -3.73. The van der Waals surface area contributed by atoms with E-state index in [2.05, 4.69) is 9.82 Å². The van der Waals surface area contributed by atoms with Crippen molar-refractivity contribution in [2.75, 3.05) is 6.54 Å². The van der Waals surface area contributed by atoms with Gasteiger partial charge < -0.3 is 0 Å². The third kappa shape index (κ3) is 3.80. The van der Waals surface area contributed by atoms with Crippen LogP contribution in [0.3, 0.4) is 0 Å². The first-order valence-corrected chi connectivity index (χ1v) is 11.6. The number of aryl methyl sites for hydroxylation is 1. The summed E-state index contributed by atoms with van der Waals surface area (Å²) in [5.74, 6) is 0.649. The van der Waals surface area contributed by atoms with Gasteiger partial charge in [-0.2, -0.15) is 0 Å². The largest absolute Gasteiger partial charge is 0.346 e. The van der Waals surface area contributed by atoms with E-state index in [4.69, 9.17) is 11.6 Å². The van der Waals surface area contributed by atoms with Crippen molar-refractivity contribution in [3.05, 3.63) is 56.8 Å². The molecule has 1 saturated carbocycles. The molecule has 1 aromatic carbocycles. The second-order valence-electron chi connectivity index (χ2n) is 6.72. The van der Waals surface area contributed by atoms with E-state index in [0.717, 1.165) is 17.7 Å². The minimum Gasteiger partial charge on any atom is -0.271 e. The van der Waals surface area contributed by atoms with Gasteiger partial charge in [0, 0.05) is 17.6 Å². The van der Waals surface area contributed by atoms with Crippen LogP contribution in [0, 0.1) is 6.92 Å². The molecule has 0 bridgehead atoms. The van der Waals surface area contributed by atoms with Crippen LogP contribution in [0.5, 0.6) is 0 Å². The van der Waals surface area contributed by atoms with E-state index in [9.17, 15) is 13.2 Å². The summed E-state index contributed by atoms with van der Waals surface area (Å²) in [6, 6.07) is 8.76. The number of hydrogen-bond acceptors (Lipinski definition) is 5. The number of nitrogens with one attached hydrogen (secondary N) is 1. The summed E-state index contributed by atoms with van der Waals surface area (Å²) in [5, 5.41) is 6.75. The standard InChI is InChI=1S/C18H19ClN4O3S2/c1-12-4-5-13(19)11-16(12)28(25,26)20-8-9-22-18(24)23(14-6-7-14)17(21-22)15-3-2-10-27-15/h2-5,10-11,14,20H,6-9H2,1H3. The Morgan fingerprint density at radius 3 is 2.79 bits per heavy atom. The monoisotopic (exact) mass is 438 g/mol. The van der Waals surface area contributed by atoms with Crippen molar-refractivity contribution in [2.45, 2.75) is 37.2 Å². The molecule has 1 fully saturated rings. The smallest absolute Gasteiger partial charge is 0.271 e. The van der Waals surface area contributed by atoms with E-state index in [1.165, 1.54) is 22.1 Å². The molecule has 0 saturated heterocycles. The highest BCUT2D eigenvalue weighted by Crippen LogP contribution is 2.37. The molecule has 7 nitrogen and oxygen atoms in total. The molecule has 148 valence electrons. The summed E-state index contributed by atoms with van der Waals surface area (Å²) in [6.45, 7) is 1.91. The predicted molar refractivity (Wildman–Crippen MR) is 109 cm³/mol. The molecule has 0 amide bonds. The fourth-order valence-corrected chi connectivity index (χ4v) is 5.26. The van der Waals surface area contributed by atoms with Gasteiger partial charge in [-0.05, 0) is 48.9 Å². The van der Waals surface area contributed by atoms with Gasteiger partial charge in [-0.1, -0.05) is 23.7 Å². The first-order valence-electron chi connectivity index (χ1n) is 8.86. The highest BCUT2D eigenvalue weighted by atomic mass is 35.5. The Morgan fingerprint density at radius 2 is 2.11 bits per heavy atom. The number of sulfonamides is 1. The molecule has 10 heteroatoms. The molecule has 0 unspecified atom stereocenters. The zero-order valence-electron chi connectivity index (χ0n) is 15.1. The molecule has 2 heterocycles. The van der Waals surface area contributed by atoms with Crippen LogP contribution in [0.25, 0.3) is 10.7 Å². The Kier molecular flexibility index (Phi) is 5.17. The zero-order chi connectivity index (χ0) is 19.9. The molecule has 0 spiro atoms. The molecule has 0 radical (unpaired) electrons. The van der Waals surface area contributed by atoms with Crippen LogP contribution in [0.15, 0.2) is 45.4 Å². The van der Waals surface area contributed by atoms with Crippen LogP contribution >= 0.6 is 22.9 Å². The molecule has 1 aliphatic rings. The maximum absolute atomic E-state index is 12.8. The first kappa shape index (κ1) is 19.4. The number of benzene rings is 1. The highest BCUT2D eigenvalue weighted by Gasteiger charge is 2.30. The Morgan fingerprint density at radius 1 is 1.32 bits per heavy atom. The van der Waals surface area contributed by atoms with Crippen LogP contribution in [-0.2, 0) is 16.6 Å². The van der Waals surface area contributed by atoms with Gasteiger partial charge >= 0.3 is 5.69 Å². The van der Waals surface area contributed by atoms with E-state index >= 15 is 0 Å². The number of hydrogen-bond donors (Lipinski definition) is 1. The van der Waals surface area contributed by atoms with Gasteiger partial charge in [-0.3, -0.25) is 4.57 Å². The normalized spacial score (nSPS) is 14.5. The SMILES string of the molecule is Cc1ccc(Cl)cc1S(=O)(=O)NCCn1nc(-c2cccs2)n(C2CC2)c1=O. The molecule has 3 aromatic rings. The number of rotatable bonds is 7. The Bertz CT molecular complexity index is 1160. The summed E-state index contributed by atoms with van der Waals surface area (Å²) in [4.78, 5) is 13.8. The highest BCUT2D eigenvalue weighted by molar-refractivity contribution is 7.89. The molecule has 2 aromatic heterocycles. The van der Waals surface area contributed by atoms with Crippen molar-refractivity contribution in [1.29, 1.82) is 0 Å². The van der Waals surface area contributed by atoms with Crippen molar-refractivity contribution in [1.82, 2.24) is 19.1 Å². The van der Waals surface area contributed by atoms with Gasteiger partial charge in [-0.15, -0.1) is 16.4 Å². The molecule has 1 N–H and O–H groups in total. The van der Waals surface area contributed by atoms with E-state index in [-0.39, 0.29) is 29.7 Å². The predicted octanol–water partition coefficient (Wildman–Crippen LogP) is 3.05. The molecule has 0 atom stereocenters. The van der Waals surface area contributed by atoms with Gasteiger partial charge in [0.05, 0.1) is 16.3 Å². The maximum Gasteiger partial charge on any atom is 0.346 e. The topological polar surface area (TPSA) is 86.0 Å². The third-order valence-electron chi connectivity index (χ3n) is 4.58. The van der Waals surface area contributed by atoms with Gasteiger partial charge in [0.15, 0.2) is 5.82 Å². The van der Waals surface area contributed by atoms with Crippen molar-refractivity contribution < 1.29 is 8.42 Å². The molecule has 28 heavy (non-hydrogen) atoms. The van der Waals surface area contributed by atoms with Crippen LogP contribution in [0.2, 0.25) is 5.02 Å². The lowest BCUT2D eigenvalue weighted by atomic mass is 10.2. The third-order valence-corrected chi connectivity index (χ3v) is 7.28. The lowest BCUT2D eigenvalue weighted by Crippen LogP contribution is -2.32. The van der Waals surface area contributed by atoms with Crippen LogP contribution in [-0.4, -0.2) is 29.3 Å². The fraction of sp³-hybridized carbons (Fsp3) is 0.333. The lowest BCUT2D eigenvalue weighted by molar-refractivity contribution is 0.546. The van der Waals surface area contributed by atoms with Crippen molar-refractivity contribution in [2.24, 2.45) is 0 Å². The second-order valence-corrected chi connectivity index (χ2v) is 9.83. The molecule has 1 aliphatic carbocycles. The average Bonchev–Trinajstić information content (AvgIpc) is 3.22. The number of aromatic nitrogens is 3. The summed E-state index contributed by atoms with van der Waals surface area (Å²) in [7, 11) is -3.73. The molecule has 0 aliphatic heterocycles. The van der Waals surface area contributed by atoms with Gasteiger partial charge in [0.25, 0.3) is 0 Å². The average molecular weight is 439 g/mol. The first-order chi connectivity index (χ1) is 13.4. The quantitative estimate of drug-likeness (QED) is 0.614. The van der Waals surface area contributed by atoms with Gasteiger partial charge in [-0.25, -0.2) is 22.6 Å². The van der Waals surface area contributed by atoms with E-state index < -0.39 is 10.0 Å². The Balaban J connectivity index is 1.54. The lowest BCUT2D eigenvalue weighted by Gasteiger charge is -2.09. The number of nitrogens with zero attached hydrogens (tertiary/aromatic N) is 3. The van der Waals surface area contributed by atoms with Crippen molar-refractivity contribution in [3.63, 3.8) is 0 Å². The minimum absolute atomic E-state index is 0.0553. The van der Waals surface area contributed by atoms with E-state index in [0.29, 0.717) is 16.4 Å². The number of halogens is 1. The van der Waals surface area contributed by atoms with Crippen molar-refractivity contribution >= 4 is 33.0 Å². The summed E-state index contributed by atoms with van der Waals surface area (Å²) in [5.41, 5.74) is 0.399. The summed E-state index contributed by atoms with van der Waals surface area (Å²) in [6.07, 6.45) is 1.93. The summed E-state index contributed by atoms with van der Waals surface area (Å²) >= 11 is 7.45. The van der Waals surface area contributed by atoms with Gasteiger partial charge in [0.2, 0.25) is 10.0 Å². The van der Waals surface area contributed by atoms with Crippen molar-refractivity contribution in [3.8, 4) is 10.7 Å². The summed E-state index contributed by atoms with van der Waals surface area (Å²) < 4.78 is 30.7. The molecular formula is C18H19ClN4O3S2. The van der Waals surface area contributed by atoms with Crippen LogP contribution < -0.4 is 10.4 Å². The van der Waals surface area contributed by atoms with E-state index in [1.807, 2.05) is 17.5 Å². The van der Waals surface area contributed by atoms with Crippen LogP contribution in [0.4, 0.5) is 0 Å². The molecule has 4 rings (SSSR count).